The second kappa shape index (κ2) is 6.09. The van der Waals surface area contributed by atoms with E-state index in [0.29, 0.717) is 24.1 Å². The van der Waals surface area contributed by atoms with Gasteiger partial charge in [0.2, 0.25) is 5.91 Å². The second-order valence-electron chi connectivity index (χ2n) is 5.57. The Morgan fingerprint density at radius 2 is 1.88 bits per heavy atom. The maximum Gasteiger partial charge on any atom is 0.261 e. The summed E-state index contributed by atoms with van der Waals surface area (Å²) < 4.78 is 27.7. The van der Waals surface area contributed by atoms with Gasteiger partial charge in [0.25, 0.3) is 10.0 Å². The fourth-order valence-corrected chi connectivity index (χ4v) is 3.74. The molecule has 0 saturated carbocycles. The number of aryl methyl sites for hydroxylation is 1. The molecule has 0 saturated heterocycles. The number of ketones is 1. The summed E-state index contributed by atoms with van der Waals surface area (Å²) in [4.78, 5) is 23.1. The van der Waals surface area contributed by atoms with Crippen LogP contribution in [0.5, 0.6) is 0 Å². The topological polar surface area (TPSA) is 92.3 Å². The quantitative estimate of drug-likeness (QED) is 0.834. The molecule has 24 heavy (non-hydrogen) atoms. The normalized spacial score (nSPS) is 13.8. The molecule has 0 fully saturated rings. The SMILES string of the molecule is CC(=O)c1ccccc1NS(=O)(=O)c1ccc2c(c1)CCC(=O)N2. The lowest BCUT2D eigenvalue weighted by Gasteiger charge is -2.18. The molecule has 0 aromatic heterocycles. The standard InChI is InChI=1S/C17H16N2O4S/c1-11(20)14-4-2-3-5-16(14)19-24(22,23)13-7-8-15-12(10-13)6-9-17(21)18-15/h2-5,7-8,10,19H,6,9H2,1H3,(H,18,21). The van der Waals surface area contributed by atoms with Crippen LogP contribution in [0.15, 0.2) is 47.4 Å². The van der Waals surface area contributed by atoms with E-state index in [-0.39, 0.29) is 22.3 Å². The molecule has 0 spiro atoms. The number of amides is 1. The number of fused-ring (bicyclic) bond motifs is 1. The van der Waals surface area contributed by atoms with Crippen LogP contribution >= 0.6 is 0 Å². The zero-order chi connectivity index (χ0) is 17.3. The van der Waals surface area contributed by atoms with Crippen molar-refractivity contribution in [3.8, 4) is 0 Å². The Bertz CT molecular complexity index is 935. The summed E-state index contributed by atoms with van der Waals surface area (Å²) in [6.45, 7) is 1.38. The summed E-state index contributed by atoms with van der Waals surface area (Å²) >= 11 is 0. The third-order valence-electron chi connectivity index (χ3n) is 3.83. The predicted octanol–water partition coefficient (Wildman–Crippen LogP) is 2.57. The zero-order valence-electron chi connectivity index (χ0n) is 13.0. The number of hydrogen-bond donors (Lipinski definition) is 2. The Labute approximate surface area is 139 Å². The molecule has 1 aliphatic heterocycles. The molecule has 124 valence electrons. The highest BCUT2D eigenvalue weighted by Gasteiger charge is 2.21. The van der Waals surface area contributed by atoms with Crippen molar-refractivity contribution in [1.29, 1.82) is 0 Å². The molecule has 7 heteroatoms. The van der Waals surface area contributed by atoms with Crippen molar-refractivity contribution < 1.29 is 18.0 Å². The van der Waals surface area contributed by atoms with E-state index in [2.05, 4.69) is 10.0 Å². The van der Waals surface area contributed by atoms with Crippen LogP contribution in [-0.4, -0.2) is 20.1 Å². The maximum absolute atomic E-state index is 12.6. The van der Waals surface area contributed by atoms with Crippen molar-refractivity contribution in [3.63, 3.8) is 0 Å². The molecule has 1 aliphatic rings. The van der Waals surface area contributed by atoms with Crippen LogP contribution in [0.1, 0.15) is 29.3 Å². The minimum absolute atomic E-state index is 0.0772. The van der Waals surface area contributed by atoms with Gasteiger partial charge in [-0.25, -0.2) is 8.42 Å². The number of Topliss-reactive ketones (excluding diaryl/α,β-unsaturated/α-hetero) is 1. The molecule has 0 atom stereocenters. The highest BCUT2D eigenvalue weighted by atomic mass is 32.2. The van der Waals surface area contributed by atoms with Gasteiger partial charge in [-0.2, -0.15) is 0 Å². The van der Waals surface area contributed by atoms with Crippen LogP contribution in [0.25, 0.3) is 0 Å². The maximum atomic E-state index is 12.6. The van der Waals surface area contributed by atoms with E-state index in [1.165, 1.54) is 13.0 Å². The van der Waals surface area contributed by atoms with Gasteiger partial charge in [-0.3, -0.25) is 14.3 Å². The van der Waals surface area contributed by atoms with Crippen LogP contribution in [0.2, 0.25) is 0 Å². The van der Waals surface area contributed by atoms with Gasteiger partial charge in [0.05, 0.1) is 10.6 Å². The number of carbonyl (C=O) groups is 2. The van der Waals surface area contributed by atoms with Crippen LogP contribution in [-0.2, 0) is 21.2 Å². The lowest BCUT2D eigenvalue weighted by molar-refractivity contribution is -0.116. The van der Waals surface area contributed by atoms with Crippen molar-refractivity contribution in [1.82, 2.24) is 0 Å². The van der Waals surface area contributed by atoms with Gasteiger partial charge in [-0.1, -0.05) is 12.1 Å². The Balaban J connectivity index is 1.95. The highest BCUT2D eigenvalue weighted by molar-refractivity contribution is 7.92. The minimum Gasteiger partial charge on any atom is -0.326 e. The van der Waals surface area contributed by atoms with Crippen molar-refractivity contribution >= 4 is 33.1 Å². The Morgan fingerprint density at radius 1 is 1.12 bits per heavy atom. The predicted molar refractivity (Wildman–Crippen MR) is 90.6 cm³/mol. The first kappa shape index (κ1) is 16.2. The van der Waals surface area contributed by atoms with Gasteiger partial charge in [-0.05, 0) is 49.2 Å². The molecule has 1 heterocycles. The summed E-state index contributed by atoms with van der Waals surface area (Å²) in [7, 11) is -3.83. The summed E-state index contributed by atoms with van der Waals surface area (Å²) in [6, 6.07) is 11.0. The van der Waals surface area contributed by atoms with E-state index in [0.717, 1.165) is 5.56 Å². The Kier molecular flexibility index (Phi) is 4.11. The third kappa shape index (κ3) is 3.16. The molecule has 6 nitrogen and oxygen atoms in total. The number of nitrogens with one attached hydrogen (secondary N) is 2. The van der Waals surface area contributed by atoms with Crippen molar-refractivity contribution in [2.45, 2.75) is 24.7 Å². The fourth-order valence-electron chi connectivity index (χ4n) is 2.61. The molecular formula is C17H16N2O4S. The number of rotatable bonds is 4. The highest BCUT2D eigenvalue weighted by Crippen LogP contribution is 2.27. The van der Waals surface area contributed by atoms with Gasteiger partial charge in [-0.15, -0.1) is 0 Å². The van der Waals surface area contributed by atoms with Crippen LogP contribution in [0, 0.1) is 0 Å². The molecular weight excluding hydrogens is 328 g/mol. The summed E-state index contributed by atoms with van der Waals surface area (Å²) in [5, 5.41) is 2.71. The molecule has 0 radical (unpaired) electrons. The van der Waals surface area contributed by atoms with Gasteiger partial charge >= 0.3 is 0 Å². The molecule has 2 N–H and O–H groups in total. The number of benzene rings is 2. The molecule has 0 aliphatic carbocycles. The summed E-state index contributed by atoms with van der Waals surface area (Å²) in [5.41, 5.74) is 1.97. The number of para-hydroxylation sites is 1. The first-order chi connectivity index (χ1) is 11.4. The van der Waals surface area contributed by atoms with E-state index < -0.39 is 10.0 Å². The second-order valence-corrected chi connectivity index (χ2v) is 7.26. The van der Waals surface area contributed by atoms with Crippen LogP contribution < -0.4 is 10.0 Å². The average Bonchev–Trinajstić information content (AvgIpc) is 2.54. The van der Waals surface area contributed by atoms with E-state index in [1.807, 2.05) is 0 Å². The smallest absolute Gasteiger partial charge is 0.261 e. The average molecular weight is 344 g/mol. The van der Waals surface area contributed by atoms with E-state index in [1.54, 1.807) is 36.4 Å². The molecule has 3 rings (SSSR count). The lowest BCUT2D eigenvalue weighted by atomic mass is 10.0. The molecule has 2 aromatic rings. The number of carbonyl (C=O) groups excluding carboxylic acids is 2. The van der Waals surface area contributed by atoms with Gasteiger partial charge in [0.1, 0.15) is 0 Å². The first-order valence-electron chi connectivity index (χ1n) is 7.42. The molecule has 0 bridgehead atoms. The van der Waals surface area contributed by atoms with Gasteiger partial charge in [0.15, 0.2) is 5.78 Å². The molecule has 0 unspecified atom stereocenters. The van der Waals surface area contributed by atoms with Gasteiger partial charge < -0.3 is 5.32 Å². The van der Waals surface area contributed by atoms with Crippen LogP contribution in [0.3, 0.4) is 0 Å². The lowest BCUT2D eigenvalue weighted by Crippen LogP contribution is -2.20. The summed E-state index contributed by atoms with van der Waals surface area (Å²) in [6.07, 6.45) is 0.825. The minimum atomic E-state index is -3.83. The largest absolute Gasteiger partial charge is 0.326 e. The number of hydrogen-bond acceptors (Lipinski definition) is 4. The number of sulfonamides is 1. The van der Waals surface area contributed by atoms with E-state index >= 15 is 0 Å². The van der Waals surface area contributed by atoms with E-state index in [4.69, 9.17) is 0 Å². The van der Waals surface area contributed by atoms with Crippen molar-refractivity contribution in [3.05, 3.63) is 53.6 Å². The summed E-state index contributed by atoms with van der Waals surface area (Å²) in [5.74, 6) is -0.298. The Hall–Kier alpha value is -2.67. The van der Waals surface area contributed by atoms with E-state index in [9.17, 15) is 18.0 Å². The fraction of sp³-hybridized carbons (Fsp3) is 0.176. The number of anilines is 2. The zero-order valence-corrected chi connectivity index (χ0v) is 13.8. The Morgan fingerprint density at radius 3 is 2.62 bits per heavy atom. The first-order valence-corrected chi connectivity index (χ1v) is 8.91. The molecule has 2 aromatic carbocycles. The molecule has 1 amide bonds. The van der Waals surface area contributed by atoms with Gasteiger partial charge in [0, 0.05) is 17.7 Å². The third-order valence-corrected chi connectivity index (χ3v) is 5.20. The monoisotopic (exact) mass is 344 g/mol. The van der Waals surface area contributed by atoms with Crippen molar-refractivity contribution in [2.75, 3.05) is 10.0 Å². The van der Waals surface area contributed by atoms with Crippen LogP contribution in [0.4, 0.5) is 11.4 Å². The van der Waals surface area contributed by atoms with Crippen molar-refractivity contribution in [2.24, 2.45) is 0 Å².